The summed E-state index contributed by atoms with van der Waals surface area (Å²) in [5, 5.41) is 4.27. The molecule has 148 valence electrons. The number of aromatic nitrogens is 2. The summed E-state index contributed by atoms with van der Waals surface area (Å²) in [6.45, 7) is 1.58. The van der Waals surface area contributed by atoms with E-state index in [1.807, 2.05) is 30.5 Å². The molecule has 0 spiro atoms. The fourth-order valence-electron chi connectivity index (χ4n) is 3.11. The van der Waals surface area contributed by atoms with Crippen LogP contribution in [0.4, 0.5) is 13.2 Å². The van der Waals surface area contributed by atoms with Crippen LogP contribution in [0.15, 0.2) is 61.1 Å². The first-order valence-electron chi connectivity index (χ1n) is 9.10. The minimum atomic E-state index is -1.48. The topological polar surface area (TPSA) is 49.9 Å². The fraction of sp³-hybridized carbons (Fsp3) is 0.136. The van der Waals surface area contributed by atoms with Crippen molar-refractivity contribution in [2.75, 3.05) is 13.2 Å². The quantitative estimate of drug-likeness (QED) is 0.347. The van der Waals surface area contributed by atoms with Crippen LogP contribution >= 0.6 is 0 Å². The predicted molar refractivity (Wildman–Crippen MR) is 105 cm³/mol. The molecule has 2 heterocycles. The highest BCUT2D eigenvalue weighted by molar-refractivity contribution is 5.85. The number of hydrogen-bond acceptors (Lipinski definition) is 3. The lowest BCUT2D eigenvalue weighted by Crippen LogP contribution is -2.20. The van der Waals surface area contributed by atoms with Crippen molar-refractivity contribution in [3.63, 3.8) is 0 Å². The van der Waals surface area contributed by atoms with Gasteiger partial charge in [0.15, 0.2) is 17.5 Å². The summed E-state index contributed by atoms with van der Waals surface area (Å²) < 4.78 is 45.9. The predicted octanol–water partition coefficient (Wildman–Crippen LogP) is 4.82. The Hall–Kier alpha value is -3.32. The number of nitrogens with one attached hydrogen (secondary N) is 2. The van der Waals surface area contributed by atoms with Crippen molar-refractivity contribution in [1.82, 2.24) is 15.3 Å². The maximum atomic E-state index is 13.5. The average Bonchev–Trinajstić information content (AvgIpc) is 3.21. The van der Waals surface area contributed by atoms with Gasteiger partial charge in [-0.1, -0.05) is 6.07 Å². The first-order valence-corrected chi connectivity index (χ1v) is 9.10. The summed E-state index contributed by atoms with van der Waals surface area (Å²) >= 11 is 0. The van der Waals surface area contributed by atoms with Crippen LogP contribution in [0.25, 0.3) is 22.0 Å². The number of hydrogen-bond donors (Lipinski definition) is 2. The lowest BCUT2D eigenvalue weighted by molar-refractivity contribution is 0.317. The molecule has 0 aliphatic carbocycles. The number of aromatic amines is 1. The van der Waals surface area contributed by atoms with Crippen molar-refractivity contribution in [1.29, 1.82) is 0 Å². The molecule has 0 amide bonds. The van der Waals surface area contributed by atoms with E-state index >= 15 is 0 Å². The van der Waals surface area contributed by atoms with E-state index in [4.69, 9.17) is 4.74 Å². The Morgan fingerprint density at radius 3 is 2.62 bits per heavy atom. The molecule has 0 radical (unpaired) electrons. The molecule has 4 nitrogen and oxygen atoms in total. The Kier molecular flexibility index (Phi) is 5.48. The molecular weight excluding hydrogens is 379 g/mol. The molecule has 0 bridgehead atoms. The SMILES string of the molecule is Fc1cc(-c2cncc(CNCCOc3cccc4[nH]ccc34)c2)cc(F)c1F. The van der Waals surface area contributed by atoms with Gasteiger partial charge in [-0.05, 0) is 47.5 Å². The third kappa shape index (κ3) is 4.25. The third-order valence-electron chi connectivity index (χ3n) is 4.53. The van der Waals surface area contributed by atoms with Crippen LogP contribution in [0.2, 0.25) is 0 Å². The van der Waals surface area contributed by atoms with E-state index in [1.165, 1.54) is 6.20 Å². The summed E-state index contributed by atoms with van der Waals surface area (Å²) in [4.78, 5) is 7.25. The molecule has 7 heteroatoms. The summed E-state index contributed by atoms with van der Waals surface area (Å²) in [5.41, 5.74) is 2.60. The van der Waals surface area contributed by atoms with Crippen LogP contribution in [0, 0.1) is 17.5 Å². The monoisotopic (exact) mass is 397 g/mol. The second-order valence-corrected chi connectivity index (χ2v) is 6.56. The normalized spacial score (nSPS) is 11.1. The highest BCUT2D eigenvalue weighted by atomic mass is 19.2. The van der Waals surface area contributed by atoms with Crippen LogP contribution in [-0.4, -0.2) is 23.1 Å². The number of nitrogens with zero attached hydrogens (tertiary/aromatic N) is 1. The van der Waals surface area contributed by atoms with Crippen LogP contribution < -0.4 is 10.1 Å². The molecule has 4 rings (SSSR count). The molecule has 0 unspecified atom stereocenters. The van der Waals surface area contributed by atoms with Crippen molar-refractivity contribution in [3.8, 4) is 16.9 Å². The van der Waals surface area contributed by atoms with Crippen molar-refractivity contribution >= 4 is 10.9 Å². The van der Waals surface area contributed by atoms with Crippen LogP contribution in [0.3, 0.4) is 0 Å². The van der Waals surface area contributed by atoms with Gasteiger partial charge >= 0.3 is 0 Å². The van der Waals surface area contributed by atoms with Crippen molar-refractivity contribution in [2.24, 2.45) is 0 Å². The van der Waals surface area contributed by atoms with Gasteiger partial charge in [0.05, 0.1) is 0 Å². The second kappa shape index (κ2) is 8.36. The summed E-state index contributed by atoms with van der Waals surface area (Å²) in [6, 6.07) is 11.5. The highest BCUT2D eigenvalue weighted by Crippen LogP contribution is 2.25. The van der Waals surface area contributed by atoms with E-state index in [1.54, 1.807) is 12.3 Å². The maximum absolute atomic E-state index is 13.5. The number of H-pyrrole nitrogens is 1. The van der Waals surface area contributed by atoms with E-state index in [2.05, 4.69) is 15.3 Å². The number of halogens is 3. The molecule has 0 saturated carbocycles. The van der Waals surface area contributed by atoms with Crippen LogP contribution in [0.1, 0.15) is 5.56 Å². The standard InChI is InChI=1S/C22H18F3N3O/c23-18-9-15(10-19(24)22(18)25)16-8-14(12-27-13-16)11-26-6-7-29-21-3-1-2-20-17(21)4-5-28-20/h1-5,8-10,12-13,26,28H,6-7,11H2. The van der Waals surface area contributed by atoms with E-state index < -0.39 is 17.5 Å². The average molecular weight is 397 g/mol. The fourth-order valence-corrected chi connectivity index (χ4v) is 3.11. The van der Waals surface area contributed by atoms with Gasteiger partial charge in [0, 0.05) is 48.1 Å². The summed E-state index contributed by atoms with van der Waals surface area (Å²) in [6.07, 6.45) is 5.01. The van der Waals surface area contributed by atoms with Gasteiger partial charge in [-0.3, -0.25) is 4.98 Å². The molecule has 0 aliphatic heterocycles. The summed E-state index contributed by atoms with van der Waals surface area (Å²) in [5.74, 6) is -3.11. The molecule has 4 aromatic rings. The van der Waals surface area contributed by atoms with Gasteiger partial charge in [0.1, 0.15) is 12.4 Å². The van der Waals surface area contributed by atoms with Crippen molar-refractivity contribution in [3.05, 3.63) is 84.1 Å². The first kappa shape index (κ1) is 19.0. The van der Waals surface area contributed by atoms with Crippen molar-refractivity contribution < 1.29 is 17.9 Å². The zero-order valence-corrected chi connectivity index (χ0v) is 15.4. The molecule has 0 saturated heterocycles. The largest absolute Gasteiger partial charge is 0.492 e. The first-order chi connectivity index (χ1) is 14.1. The van der Waals surface area contributed by atoms with E-state index in [9.17, 15) is 13.2 Å². The lowest BCUT2D eigenvalue weighted by atomic mass is 10.1. The smallest absolute Gasteiger partial charge is 0.194 e. The zero-order valence-electron chi connectivity index (χ0n) is 15.4. The summed E-state index contributed by atoms with van der Waals surface area (Å²) in [7, 11) is 0. The molecule has 0 aliphatic rings. The molecule has 0 fully saturated rings. The minimum absolute atomic E-state index is 0.235. The third-order valence-corrected chi connectivity index (χ3v) is 4.53. The van der Waals surface area contributed by atoms with E-state index in [0.29, 0.717) is 25.3 Å². The van der Waals surface area contributed by atoms with Gasteiger partial charge < -0.3 is 15.0 Å². The Morgan fingerprint density at radius 2 is 1.79 bits per heavy atom. The van der Waals surface area contributed by atoms with Gasteiger partial charge in [0.2, 0.25) is 0 Å². The second-order valence-electron chi connectivity index (χ2n) is 6.56. The van der Waals surface area contributed by atoms with Gasteiger partial charge in [0.25, 0.3) is 0 Å². The van der Waals surface area contributed by atoms with Crippen LogP contribution in [0.5, 0.6) is 5.75 Å². The Morgan fingerprint density at radius 1 is 0.966 bits per heavy atom. The molecule has 2 N–H and O–H groups in total. The number of benzene rings is 2. The number of rotatable bonds is 7. The Labute approximate surface area is 165 Å². The van der Waals surface area contributed by atoms with Crippen LogP contribution in [-0.2, 0) is 6.54 Å². The molecule has 2 aromatic heterocycles. The molecule has 29 heavy (non-hydrogen) atoms. The van der Waals surface area contributed by atoms with Gasteiger partial charge in [-0.15, -0.1) is 0 Å². The van der Waals surface area contributed by atoms with Gasteiger partial charge in [-0.2, -0.15) is 0 Å². The lowest BCUT2D eigenvalue weighted by Gasteiger charge is -2.10. The number of pyridine rings is 1. The molecule has 0 atom stereocenters. The number of fused-ring (bicyclic) bond motifs is 1. The van der Waals surface area contributed by atoms with E-state index in [-0.39, 0.29) is 5.56 Å². The Balaban J connectivity index is 1.34. The highest BCUT2D eigenvalue weighted by Gasteiger charge is 2.12. The number of ether oxygens (including phenoxy) is 1. The van der Waals surface area contributed by atoms with Crippen molar-refractivity contribution in [2.45, 2.75) is 6.54 Å². The maximum Gasteiger partial charge on any atom is 0.194 e. The molecule has 2 aromatic carbocycles. The molecular formula is C22H18F3N3O. The Bertz CT molecular complexity index is 1120. The van der Waals surface area contributed by atoms with Gasteiger partial charge in [-0.25, -0.2) is 13.2 Å². The minimum Gasteiger partial charge on any atom is -0.492 e. The van der Waals surface area contributed by atoms with E-state index in [0.717, 1.165) is 34.3 Å². The zero-order chi connectivity index (χ0) is 20.2.